The molecule has 5 nitrogen and oxygen atoms in total. The number of carbonyl (C=O) groups is 1. The zero-order valence-corrected chi connectivity index (χ0v) is 15.5. The molecule has 5 heteroatoms. The quantitative estimate of drug-likeness (QED) is 0.557. The number of benzene rings is 2. The van der Waals surface area contributed by atoms with E-state index in [-0.39, 0.29) is 6.42 Å². The third kappa shape index (κ3) is 3.40. The van der Waals surface area contributed by atoms with Crippen molar-refractivity contribution in [2.75, 3.05) is 0 Å². The van der Waals surface area contributed by atoms with Gasteiger partial charge in [-0.25, -0.2) is 4.98 Å². The zero-order chi connectivity index (χ0) is 19.7. The van der Waals surface area contributed by atoms with Crippen LogP contribution in [0.1, 0.15) is 11.3 Å². The van der Waals surface area contributed by atoms with Crippen LogP contribution in [0.3, 0.4) is 0 Å². The SMILES string of the molecule is Cc1ccc2nc(-c3ccc(-c4ccccc4)cc3)c(CC(N)C(=O)O)n2c1. The minimum atomic E-state index is -1.02. The van der Waals surface area contributed by atoms with Crippen LogP contribution in [0.15, 0.2) is 72.9 Å². The van der Waals surface area contributed by atoms with Crippen LogP contribution in [0.4, 0.5) is 0 Å². The number of aliphatic carboxylic acids is 1. The molecule has 0 saturated carbocycles. The van der Waals surface area contributed by atoms with Crippen molar-refractivity contribution in [1.29, 1.82) is 0 Å². The maximum Gasteiger partial charge on any atom is 0.320 e. The summed E-state index contributed by atoms with van der Waals surface area (Å²) in [5.41, 5.74) is 12.5. The number of carboxylic acids is 1. The monoisotopic (exact) mass is 371 g/mol. The molecule has 0 bridgehead atoms. The highest BCUT2D eigenvalue weighted by Gasteiger charge is 2.20. The second-order valence-electron chi connectivity index (χ2n) is 6.93. The van der Waals surface area contributed by atoms with Gasteiger partial charge in [0, 0.05) is 18.2 Å². The van der Waals surface area contributed by atoms with Gasteiger partial charge in [-0.15, -0.1) is 0 Å². The van der Waals surface area contributed by atoms with Crippen molar-refractivity contribution < 1.29 is 9.90 Å². The van der Waals surface area contributed by atoms with Gasteiger partial charge in [-0.2, -0.15) is 0 Å². The highest BCUT2D eigenvalue weighted by molar-refractivity contribution is 5.76. The third-order valence-corrected chi connectivity index (χ3v) is 4.86. The molecule has 0 fully saturated rings. The van der Waals surface area contributed by atoms with Crippen LogP contribution in [-0.2, 0) is 11.2 Å². The predicted molar refractivity (Wildman–Crippen MR) is 110 cm³/mol. The van der Waals surface area contributed by atoms with Crippen molar-refractivity contribution in [3.63, 3.8) is 0 Å². The van der Waals surface area contributed by atoms with Gasteiger partial charge in [-0.3, -0.25) is 4.79 Å². The number of fused-ring (bicyclic) bond motifs is 1. The molecule has 0 aliphatic carbocycles. The molecule has 28 heavy (non-hydrogen) atoms. The van der Waals surface area contributed by atoms with Gasteiger partial charge >= 0.3 is 5.97 Å². The van der Waals surface area contributed by atoms with Crippen molar-refractivity contribution >= 4 is 11.6 Å². The van der Waals surface area contributed by atoms with E-state index < -0.39 is 12.0 Å². The summed E-state index contributed by atoms with van der Waals surface area (Å²) >= 11 is 0. The van der Waals surface area contributed by atoms with E-state index in [9.17, 15) is 9.90 Å². The molecule has 3 N–H and O–H groups in total. The maximum absolute atomic E-state index is 11.3. The summed E-state index contributed by atoms with van der Waals surface area (Å²) in [5, 5.41) is 9.28. The molecule has 140 valence electrons. The van der Waals surface area contributed by atoms with Gasteiger partial charge in [0.2, 0.25) is 0 Å². The Hall–Kier alpha value is -3.44. The highest BCUT2D eigenvalue weighted by atomic mass is 16.4. The minimum Gasteiger partial charge on any atom is -0.480 e. The first-order valence-electron chi connectivity index (χ1n) is 9.15. The van der Waals surface area contributed by atoms with Crippen molar-refractivity contribution in [2.24, 2.45) is 5.73 Å². The molecule has 1 unspecified atom stereocenters. The first-order chi connectivity index (χ1) is 13.5. The van der Waals surface area contributed by atoms with Gasteiger partial charge in [-0.05, 0) is 29.7 Å². The molecule has 4 rings (SSSR count). The number of nitrogens with zero attached hydrogens (tertiary/aromatic N) is 2. The maximum atomic E-state index is 11.3. The second kappa shape index (κ2) is 7.29. The lowest BCUT2D eigenvalue weighted by molar-refractivity contribution is -0.138. The van der Waals surface area contributed by atoms with Crippen LogP contribution in [0, 0.1) is 6.92 Å². The summed E-state index contributed by atoms with van der Waals surface area (Å²) in [6.07, 6.45) is 2.17. The molecule has 0 radical (unpaired) electrons. The Balaban J connectivity index is 1.80. The first kappa shape index (κ1) is 17.9. The van der Waals surface area contributed by atoms with E-state index in [0.29, 0.717) is 0 Å². The van der Waals surface area contributed by atoms with Crippen LogP contribution in [0.2, 0.25) is 0 Å². The largest absolute Gasteiger partial charge is 0.480 e. The lowest BCUT2D eigenvalue weighted by atomic mass is 10.0. The molecule has 4 aromatic rings. The fourth-order valence-corrected chi connectivity index (χ4v) is 3.37. The van der Waals surface area contributed by atoms with Crippen LogP contribution in [0.25, 0.3) is 28.0 Å². The minimum absolute atomic E-state index is 0.204. The fourth-order valence-electron chi connectivity index (χ4n) is 3.37. The van der Waals surface area contributed by atoms with Crippen molar-refractivity contribution in [1.82, 2.24) is 9.38 Å². The summed E-state index contributed by atoms with van der Waals surface area (Å²) in [6.45, 7) is 1.99. The van der Waals surface area contributed by atoms with Gasteiger partial charge in [0.15, 0.2) is 0 Å². The van der Waals surface area contributed by atoms with Gasteiger partial charge in [0.25, 0.3) is 0 Å². The summed E-state index contributed by atoms with van der Waals surface area (Å²) in [5.74, 6) is -1.02. The number of rotatable bonds is 5. The Kier molecular flexibility index (Phi) is 4.67. The smallest absolute Gasteiger partial charge is 0.320 e. The molecular weight excluding hydrogens is 350 g/mol. The Morgan fingerprint density at radius 1 is 1.00 bits per heavy atom. The van der Waals surface area contributed by atoms with Gasteiger partial charge < -0.3 is 15.2 Å². The molecule has 2 aromatic carbocycles. The Bertz CT molecular complexity index is 1130. The van der Waals surface area contributed by atoms with Crippen LogP contribution in [0.5, 0.6) is 0 Å². The lowest BCUT2D eigenvalue weighted by Crippen LogP contribution is -2.32. The number of nitrogens with two attached hydrogens (primary N) is 1. The molecule has 0 aliphatic rings. The molecule has 0 aliphatic heterocycles. The zero-order valence-electron chi connectivity index (χ0n) is 15.5. The van der Waals surface area contributed by atoms with E-state index in [2.05, 4.69) is 24.3 Å². The summed E-state index contributed by atoms with van der Waals surface area (Å²) in [4.78, 5) is 16.1. The second-order valence-corrected chi connectivity index (χ2v) is 6.93. The standard InChI is InChI=1S/C23H21N3O2/c1-15-7-12-21-25-22(20(26(21)14-15)13-19(24)23(27)28)18-10-8-17(9-11-18)16-5-3-2-4-6-16/h2-12,14,19H,13,24H2,1H3,(H,27,28). The average Bonchev–Trinajstić information content (AvgIpc) is 3.06. The molecule has 0 amide bonds. The summed E-state index contributed by atoms with van der Waals surface area (Å²) in [7, 11) is 0. The third-order valence-electron chi connectivity index (χ3n) is 4.86. The van der Waals surface area contributed by atoms with Gasteiger partial charge in [0.1, 0.15) is 11.7 Å². The lowest BCUT2D eigenvalue weighted by Gasteiger charge is -2.10. The molecule has 0 saturated heterocycles. The number of aromatic nitrogens is 2. The number of imidazole rings is 1. The number of hydrogen-bond donors (Lipinski definition) is 2. The molecule has 1 atom stereocenters. The summed E-state index contributed by atoms with van der Waals surface area (Å²) < 4.78 is 1.94. The first-order valence-corrected chi connectivity index (χ1v) is 9.15. The normalized spacial score (nSPS) is 12.2. The number of hydrogen-bond acceptors (Lipinski definition) is 3. The molecule has 2 heterocycles. The summed E-state index contributed by atoms with van der Waals surface area (Å²) in [6, 6.07) is 21.3. The Labute approximate surface area is 163 Å². The molecule has 2 aromatic heterocycles. The number of pyridine rings is 1. The van der Waals surface area contributed by atoms with Crippen molar-refractivity contribution in [3.05, 3.63) is 84.2 Å². The molecule has 0 spiro atoms. The van der Waals surface area contributed by atoms with E-state index in [1.165, 1.54) is 0 Å². The van der Waals surface area contributed by atoms with Crippen LogP contribution < -0.4 is 5.73 Å². The van der Waals surface area contributed by atoms with E-state index in [1.54, 1.807) is 0 Å². The van der Waals surface area contributed by atoms with E-state index in [1.807, 2.05) is 60.0 Å². The predicted octanol–water partition coefficient (Wildman–Crippen LogP) is 3.93. The van der Waals surface area contributed by atoms with Crippen LogP contribution in [-0.4, -0.2) is 26.5 Å². The van der Waals surface area contributed by atoms with Crippen molar-refractivity contribution in [3.8, 4) is 22.4 Å². The van der Waals surface area contributed by atoms with E-state index >= 15 is 0 Å². The van der Waals surface area contributed by atoms with Gasteiger partial charge in [0.05, 0.1) is 11.4 Å². The van der Waals surface area contributed by atoms with Crippen molar-refractivity contribution in [2.45, 2.75) is 19.4 Å². The Morgan fingerprint density at radius 2 is 1.64 bits per heavy atom. The molecular formula is C23H21N3O2. The topological polar surface area (TPSA) is 80.6 Å². The fraction of sp³-hybridized carbons (Fsp3) is 0.130. The average molecular weight is 371 g/mol. The Morgan fingerprint density at radius 3 is 2.32 bits per heavy atom. The number of carboxylic acid groups (broad SMARTS) is 1. The number of aryl methyl sites for hydroxylation is 1. The van der Waals surface area contributed by atoms with Crippen LogP contribution >= 0.6 is 0 Å². The van der Waals surface area contributed by atoms with E-state index in [4.69, 9.17) is 10.7 Å². The van der Waals surface area contributed by atoms with E-state index in [0.717, 1.165) is 39.3 Å². The highest BCUT2D eigenvalue weighted by Crippen LogP contribution is 2.28. The van der Waals surface area contributed by atoms with Gasteiger partial charge in [-0.1, -0.05) is 60.7 Å².